The van der Waals surface area contributed by atoms with E-state index < -0.39 is 9.84 Å². The highest BCUT2D eigenvalue weighted by Gasteiger charge is 2.13. The Hall–Kier alpha value is -1.40. The van der Waals surface area contributed by atoms with E-state index in [1.807, 2.05) is 0 Å². The third-order valence-corrected chi connectivity index (χ3v) is 3.69. The predicted molar refractivity (Wildman–Crippen MR) is 71.0 cm³/mol. The maximum absolute atomic E-state index is 11.7. The van der Waals surface area contributed by atoms with Gasteiger partial charge in [0, 0.05) is 17.9 Å². The number of hydrogen-bond donors (Lipinski definition) is 2. The molecule has 5 nitrogen and oxygen atoms in total. The number of amides is 1. The Kier molecular flexibility index (Phi) is 4.86. The zero-order chi connectivity index (χ0) is 13.8. The number of hydrogen-bond acceptors (Lipinski definition) is 4. The van der Waals surface area contributed by atoms with Crippen LogP contribution in [-0.2, 0) is 14.6 Å². The molecule has 1 amide bonds. The summed E-state index contributed by atoms with van der Waals surface area (Å²) in [5.41, 5.74) is 5.86. The minimum Gasteiger partial charge on any atom is -0.330 e. The van der Waals surface area contributed by atoms with Gasteiger partial charge in [0.05, 0.1) is 4.90 Å². The van der Waals surface area contributed by atoms with Gasteiger partial charge in [-0.1, -0.05) is 13.0 Å². The minimum absolute atomic E-state index is 0.161. The lowest BCUT2D eigenvalue weighted by Gasteiger charge is -2.11. The molecule has 0 heterocycles. The van der Waals surface area contributed by atoms with Crippen molar-refractivity contribution in [1.82, 2.24) is 0 Å². The summed E-state index contributed by atoms with van der Waals surface area (Å²) in [6.07, 6.45) is 1.72. The molecular weight excluding hydrogens is 252 g/mol. The molecule has 1 unspecified atom stereocenters. The van der Waals surface area contributed by atoms with Crippen molar-refractivity contribution in [2.45, 2.75) is 18.2 Å². The van der Waals surface area contributed by atoms with Crippen molar-refractivity contribution >= 4 is 21.4 Å². The van der Waals surface area contributed by atoms with Crippen LogP contribution in [0.2, 0.25) is 0 Å². The van der Waals surface area contributed by atoms with Crippen LogP contribution < -0.4 is 11.1 Å². The standard InChI is InChI=1S/C12H18N2O3S/c1-9(6-7-13)12(15)14-10-4-3-5-11(8-10)18(2,16)17/h3-5,8-9H,6-7,13H2,1-2H3,(H,14,15). The topological polar surface area (TPSA) is 89.3 Å². The van der Waals surface area contributed by atoms with Gasteiger partial charge in [-0.25, -0.2) is 8.42 Å². The Morgan fingerprint density at radius 3 is 2.67 bits per heavy atom. The quantitative estimate of drug-likeness (QED) is 0.835. The average Bonchev–Trinajstić information content (AvgIpc) is 2.28. The van der Waals surface area contributed by atoms with Crippen LogP contribution in [0.5, 0.6) is 0 Å². The lowest BCUT2D eigenvalue weighted by Crippen LogP contribution is -2.22. The first-order valence-electron chi connectivity index (χ1n) is 5.65. The number of sulfone groups is 1. The number of carbonyl (C=O) groups is 1. The lowest BCUT2D eigenvalue weighted by atomic mass is 10.1. The maximum atomic E-state index is 11.7. The van der Waals surface area contributed by atoms with Gasteiger partial charge < -0.3 is 11.1 Å². The summed E-state index contributed by atoms with van der Waals surface area (Å²) < 4.78 is 22.8. The van der Waals surface area contributed by atoms with Crippen LogP contribution in [0.3, 0.4) is 0 Å². The van der Waals surface area contributed by atoms with Gasteiger partial charge in [0.2, 0.25) is 5.91 Å². The third kappa shape index (κ3) is 4.12. The van der Waals surface area contributed by atoms with E-state index in [1.54, 1.807) is 19.1 Å². The van der Waals surface area contributed by atoms with Crippen LogP contribution in [-0.4, -0.2) is 27.1 Å². The van der Waals surface area contributed by atoms with E-state index in [1.165, 1.54) is 12.1 Å². The highest BCUT2D eigenvalue weighted by atomic mass is 32.2. The smallest absolute Gasteiger partial charge is 0.227 e. The summed E-state index contributed by atoms with van der Waals surface area (Å²) in [5.74, 6) is -0.358. The second-order valence-corrected chi connectivity index (χ2v) is 6.28. The van der Waals surface area contributed by atoms with Gasteiger partial charge in [0.1, 0.15) is 0 Å². The zero-order valence-corrected chi connectivity index (χ0v) is 11.3. The van der Waals surface area contributed by atoms with E-state index >= 15 is 0 Å². The molecule has 18 heavy (non-hydrogen) atoms. The van der Waals surface area contributed by atoms with Crippen molar-refractivity contribution in [3.63, 3.8) is 0 Å². The van der Waals surface area contributed by atoms with Crippen LogP contribution in [0.1, 0.15) is 13.3 Å². The molecule has 1 rings (SSSR count). The van der Waals surface area contributed by atoms with Gasteiger partial charge in [-0.05, 0) is 31.2 Å². The monoisotopic (exact) mass is 270 g/mol. The molecule has 1 aromatic carbocycles. The number of anilines is 1. The van der Waals surface area contributed by atoms with Gasteiger partial charge >= 0.3 is 0 Å². The lowest BCUT2D eigenvalue weighted by molar-refractivity contribution is -0.119. The molecule has 3 N–H and O–H groups in total. The second kappa shape index (κ2) is 5.97. The Morgan fingerprint density at radius 2 is 2.11 bits per heavy atom. The minimum atomic E-state index is -3.26. The normalized spacial score (nSPS) is 13.1. The fraction of sp³-hybridized carbons (Fsp3) is 0.417. The largest absolute Gasteiger partial charge is 0.330 e. The molecule has 0 aliphatic carbocycles. The van der Waals surface area contributed by atoms with Gasteiger partial charge in [-0.3, -0.25) is 4.79 Å². The molecule has 0 aromatic heterocycles. The second-order valence-electron chi connectivity index (χ2n) is 4.27. The Bertz CT molecular complexity index is 526. The first-order chi connectivity index (χ1) is 8.34. The summed E-state index contributed by atoms with van der Waals surface area (Å²) >= 11 is 0. The van der Waals surface area contributed by atoms with E-state index in [-0.39, 0.29) is 16.7 Å². The highest BCUT2D eigenvalue weighted by molar-refractivity contribution is 7.90. The number of rotatable bonds is 5. The molecule has 0 bridgehead atoms. The van der Waals surface area contributed by atoms with Gasteiger partial charge in [-0.2, -0.15) is 0 Å². The first kappa shape index (κ1) is 14.7. The van der Waals surface area contributed by atoms with E-state index in [2.05, 4.69) is 5.32 Å². The van der Waals surface area contributed by atoms with Crippen LogP contribution >= 0.6 is 0 Å². The fourth-order valence-electron chi connectivity index (χ4n) is 1.45. The van der Waals surface area contributed by atoms with Gasteiger partial charge in [0.25, 0.3) is 0 Å². The van der Waals surface area contributed by atoms with Crippen LogP contribution in [0.4, 0.5) is 5.69 Å². The summed E-state index contributed by atoms with van der Waals surface area (Å²) in [6.45, 7) is 2.22. The molecule has 0 spiro atoms. The fourth-order valence-corrected chi connectivity index (χ4v) is 2.12. The van der Waals surface area contributed by atoms with E-state index in [4.69, 9.17) is 5.73 Å². The molecule has 0 aliphatic heterocycles. The van der Waals surface area contributed by atoms with Crippen molar-refractivity contribution < 1.29 is 13.2 Å². The number of benzene rings is 1. The molecule has 0 fully saturated rings. The molecule has 0 radical (unpaired) electrons. The van der Waals surface area contributed by atoms with Gasteiger partial charge in [0.15, 0.2) is 9.84 Å². The number of nitrogens with one attached hydrogen (secondary N) is 1. The maximum Gasteiger partial charge on any atom is 0.227 e. The Balaban J connectivity index is 2.83. The SMILES string of the molecule is CC(CCN)C(=O)Nc1cccc(S(C)(=O)=O)c1. The van der Waals surface area contributed by atoms with E-state index in [0.29, 0.717) is 18.7 Å². The van der Waals surface area contributed by atoms with Crippen molar-refractivity contribution in [2.75, 3.05) is 18.1 Å². The van der Waals surface area contributed by atoms with E-state index in [0.717, 1.165) is 6.26 Å². The van der Waals surface area contributed by atoms with Crippen molar-refractivity contribution in [1.29, 1.82) is 0 Å². The summed E-state index contributed by atoms with van der Waals surface area (Å²) in [5, 5.41) is 2.68. The molecule has 1 atom stereocenters. The molecule has 100 valence electrons. The van der Waals surface area contributed by atoms with Crippen LogP contribution in [0.15, 0.2) is 29.2 Å². The Morgan fingerprint density at radius 1 is 1.44 bits per heavy atom. The van der Waals surface area contributed by atoms with Crippen molar-refractivity contribution in [3.8, 4) is 0 Å². The van der Waals surface area contributed by atoms with E-state index in [9.17, 15) is 13.2 Å². The molecule has 6 heteroatoms. The van der Waals surface area contributed by atoms with Crippen LogP contribution in [0, 0.1) is 5.92 Å². The summed E-state index contributed by atoms with van der Waals surface area (Å²) in [6, 6.07) is 6.19. The first-order valence-corrected chi connectivity index (χ1v) is 7.55. The summed E-state index contributed by atoms with van der Waals surface area (Å²) in [4.78, 5) is 11.9. The zero-order valence-electron chi connectivity index (χ0n) is 10.5. The molecule has 1 aromatic rings. The molecule has 0 saturated heterocycles. The van der Waals surface area contributed by atoms with Gasteiger partial charge in [-0.15, -0.1) is 0 Å². The average molecular weight is 270 g/mol. The highest BCUT2D eigenvalue weighted by Crippen LogP contribution is 2.16. The van der Waals surface area contributed by atoms with Crippen LogP contribution in [0.25, 0.3) is 0 Å². The number of nitrogens with two attached hydrogens (primary N) is 1. The Labute approximate surface area is 107 Å². The molecule has 0 aliphatic rings. The summed E-state index contributed by atoms with van der Waals surface area (Å²) in [7, 11) is -3.26. The predicted octanol–water partition coefficient (Wildman–Crippen LogP) is 1.01. The molecular formula is C12H18N2O3S. The number of carbonyl (C=O) groups excluding carboxylic acids is 1. The van der Waals surface area contributed by atoms with Crippen molar-refractivity contribution in [2.24, 2.45) is 11.7 Å². The van der Waals surface area contributed by atoms with Crippen molar-refractivity contribution in [3.05, 3.63) is 24.3 Å². The molecule has 0 saturated carbocycles. The third-order valence-electron chi connectivity index (χ3n) is 2.58.